The van der Waals surface area contributed by atoms with Gasteiger partial charge in [-0.3, -0.25) is 4.90 Å². The summed E-state index contributed by atoms with van der Waals surface area (Å²) in [6, 6.07) is 9.93. The Bertz CT molecular complexity index is 730. The summed E-state index contributed by atoms with van der Waals surface area (Å²) in [5, 5.41) is 0.958. The molecule has 1 aliphatic rings. The number of rotatable bonds is 5. The molecule has 5 nitrogen and oxygen atoms in total. The van der Waals surface area contributed by atoms with Crippen molar-refractivity contribution in [3.8, 4) is 5.75 Å². The van der Waals surface area contributed by atoms with Crippen molar-refractivity contribution in [3.63, 3.8) is 0 Å². The highest BCUT2D eigenvalue weighted by molar-refractivity contribution is 5.91. The van der Waals surface area contributed by atoms with Gasteiger partial charge in [-0.05, 0) is 51.5 Å². The first-order valence-electron chi connectivity index (χ1n) is 8.55. The van der Waals surface area contributed by atoms with Crippen LogP contribution in [0.4, 0.5) is 0 Å². The number of carbonyl (C=O) groups excluding carboxylic acids is 1. The normalized spacial score (nSPS) is 18.2. The molecule has 128 valence electrons. The maximum Gasteiger partial charge on any atom is 0.356 e. The van der Waals surface area contributed by atoms with Crippen LogP contribution >= 0.6 is 0 Å². The highest BCUT2D eigenvalue weighted by Crippen LogP contribution is 2.24. The number of esters is 1. The molecule has 0 aliphatic carbocycles. The number of hydrogen-bond donors (Lipinski definition) is 0. The molecule has 2 aromatic rings. The van der Waals surface area contributed by atoms with Crippen LogP contribution in [0.25, 0.3) is 10.9 Å². The zero-order valence-electron chi connectivity index (χ0n) is 14.5. The third-order valence-electron chi connectivity index (χ3n) is 4.35. The zero-order chi connectivity index (χ0) is 17.1. The molecule has 0 saturated carbocycles. The predicted molar refractivity (Wildman–Crippen MR) is 93.4 cm³/mol. The molecule has 1 saturated heterocycles. The van der Waals surface area contributed by atoms with Crippen molar-refractivity contribution in [1.82, 2.24) is 9.88 Å². The van der Waals surface area contributed by atoms with Gasteiger partial charge in [0.25, 0.3) is 0 Å². The summed E-state index contributed by atoms with van der Waals surface area (Å²) in [6.07, 6.45) is 1.28. The molecule has 1 atom stereocenters. The lowest BCUT2D eigenvalue weighted by Crippen LogP contribution is -2.30. The molecule has 1 fully saturated rings. The van der Waals surface area contributed by atoms with E-state index in [4.69, 9.17) is 9.47 Å². The van der Waals surface area contributed by atoms with Crippen LogP contribution in [0, 0.1) is 0 Å². The van der Waals surface area contributed by atoms with E-state index in [2.05, 4.69) is 23.7 Å². The van der Waals surface area contributed by atoms with Gasteiger partial charge < -0.3 is 9.47 Å². The van der Waals surface area contributed by atoms with Crippen molar-refractivity contribution in [3.05, 3.63) is 36.0 Å². The van der Waals surface area contributed by atoms with Crippen LogP contribution in [-0.4, -0.2) is 47.7 Å². The fourth-order valence-electron chi connectivity index (χ4n) is 3.01. The van der Waals surface area contributed by atoms with E-state index in [1.165, 1.54) is 0 Å². The minimum absolute atomic E-state index is 0.233. The molecule has 2 heterocycles. The SMILES string of the molecule is CCOC(=O)c1ccc2cc(OC3CCN(C(C)C)C3)ccc2n1. The summed E-state index contributed by atoms with van der Waals surface area (Å²) < 4.78 is 11.1. The number of fused-ring (bicyclic) bond motifs is 1. The summed E-state index contributed by atoms with van der Waals surface area (Å²) in [5.74, 6) is 0.461. The number of benzene rings is 1. The van der Waals surface area contributed by atoms with Crippen LogP contribution in [0.5, 0.6) is 5.75 Å². The lowest BCUT2D eigenvalue weighted by Gasteiger charge is -2.20. The Labute approximate surface area is 142 Å². The highest BCUT2D eigenvalue weighted by atomic mass is 16.5. The molecule has 0 N–H and O–H groups in total. The molecule has 1 aliphatic heterocycles. The van der Waals surface area contributed by atoms with Gasteiger partial charge in [0.1, 0.15) is 17.5 Å². The molecule has 0 spiro atoms. The van der Waals surface area contributed by atoms with Crippen LogP contribution in [-0.2, 0) is 4.74 Å². The molecule has 1 aromatic carbocycles. The average Bonchev–Trinajstić information content (AvgIpc) is 3.03. The molecular weight excluding hydrogens is 304 g/mol. The van der Waals surface area contributed by atoms with Crippen molar-refractivity contribution < 1.29 is 14.3 Å². The maximum atomic E-state index is 11.8. The van der Waals surface area contributed by atoms with Gasteiger partial charge in [-0.15, -0.1) is 0 Å². The van der Waals surface area contributed by atoms with E-state index in [1.54, 1.807) is 13.0 Å². The monoisotopic (exact) mass is 328 g/mol. The number of likely N-dealkylation sites (tertiary alicyclic amines) is 1. The van der Waals surface area contributed by atoms with Crippen molar-refractivity contribution in [2.24, 2.45) is 0 Å². The van der Waals surface area contributed by atoms with Crippen molar-refractivity contribution in [2.45, 2.75) is 39.3 Å². The van der Waals surface area contributed by atoms with Crippen LogP contribution in [0.15, 0.2) is 30.3 Å². The molecule has 1 aromatic heterocycles. The number of carbonyl (C=O) groups is 1. The third-order valence-corrected chi connectivity index (χ3v) is 4.35. The number of hydrogen-bond acceptors (Lipinski definition) is 5. The highest BCUT2D eigenvalue weighted by Gasteiger charge is 2.25. The van der Waals surface area contributed by atoms with Gasteiger partial charge in [-0.2, -0.15) is 0 Å². The largest absolute Gasteiger partial charge is 0.489 e. The van der Waals surface area contributed by atoms with Gasteiger partial charge >= 0.3 is 5.97 Å². The van der Waals surface area contributed by atoms with Gasteiger partial charge in [0.15, 0.2) is 0 Å². The summed E-state index contributed by atoms with van der Waals surface area (Å²) in [4.78, 5) is 18.6. The lowest BCUT2D eigenvalue weighted by atomic mass is 10.2. The summed E-state index contributed by atoms with van der Waals surface area (Å²) in [5.41, 5.74) is 1.10. The second-order valence-electron chi connectivity index (χ2n) is 6.39. The Morgan fingerprint density at radius 1 is 1.33 bits per heavy atom. The first kappa shape index (κ1) is 16.7. The zero-order valence-corrected chi connectivity index (χ0v) is 14.5. The van der Waals surface area contributed by atoms with E-state index in [1.807, 2.05) is 24.3 Å². The minimum atomic E-state index is -0.389. The fourth-order valence-corrected chi connectivity index (χ4v) is 3.01. The van der Waals surface area contributed by atoms with Crippen LogP contribution in [0.1, 0.15) is 37.7 Å². The Balaban J connectivity index is 1.72. The Morgan fingerprint density at radius 2 is 2.17 bits per heavy atom. The van der Waals surface area contributed by atoms with E-state index >= 15 is 0 Å². The lowest BCUT2D eigenvalue weighted by molar-refractivity contribution is 0.0520. The summed E-state index contributed by atoms with van der Waals surface area (Å²) in [6.45, 7) is 8.61. The Kier molecular flexibility index (Phi) is 5.00. The molecule has 0 bridgehead atoms. The molecule has 5 heteroatoms. The molecule has 3 rings (SSSR count). The van der Waals surface area contributed by atoms with Crippen LogP contribution < -0.4 is 4.74 Å². The van der Waals surface area contributed by atoms with Gasteiger partial charge in [0.05, 0.1) is 12.1 Å². The Morgan fingerprint density at radius 3 is 2.88 bits per heavy atom. The fraction of sp³-hybridized carbons (Fsp3) is 0.474. The van der Waals surface area contributed by atoms with Crippen molar-refractivity contribution in [1.29, 1.82) is 0 Å². The number of aromatic nitrogens is 1. The van der Waals surface area contributed by atoms with Gasteiger partial charge in [-0.1, -0.05) is 6.07 Å². The van der Waals surface area contributed by atoms with Gasteiger partial charge in [0, 0.05) is 24.5 Å². The van der Waals surface area contributed by atoms with E-state index in [-0.39, 0.29) is 12.1 Å². The van der Waals surface area contributed by atoms with Gasteiger partial charge in [-0.25, -0.2) is 9.78 Å². The van der Waals surface area contributed by atoms with Crippen molar-refractivity contribution in [2.75, 3.05) is 19.7 Å². The van der Waals surface area contributed by atoms with E-state index in [0.29, 0.717) is 18.3 Å². The van der Waals surface area contributed by atoms with Gasteiger partial charge in [0.2, 0.25) is 0 Å². The first-order chi connectivity index (χ1) is 11.6. The quantitative estimate of drug-likeness (QED) is 0.789. The molecular formula is C19H24N2O3. The second kappa shape index (κ2) is 7.18. The number of ether oxygens (including phenoxy) is 2. The molecule has 1 unspecified atom stereocenters. The summed E-state index contributed by atoms with van der Waals surface area (Å²) >= 11 is 0. The maximum absolute atomic E-state index is 11.8. The van der Waals surface area contributed by atoms with E-state index < -0.39 is 0 Å². The number of nitrogens with zero attached hydrogens (tertiary/aromatic N) is 2. The summed E-state index contributed by atoms with van der Waals surface area (Å²) in [7, 11) is 0. The smallest absolute Gasteiger partial charge is 0.356 e. The molecule has 0 radical (unpaired) electrons. The van der Waals surface area contributed by atoms with Crippen LogP contribution in [0.3, 0.4) is 0 Å². The minimum Gasteiger partial charge on any atom is -0.489 e. The second-order valence-corrected chi connectivity index (χ2v) is 6.39. The van der Waals surface area contributed by atoms with Crippen LogP contribution in [0.2, 0.25) is 0 Å². The average molecular weight is 328 g/mol. The molecule has 0 amide bonds. The molecule has 24 heavy (non-hydrogen) atoms. The standard InChI is InChI=1S/C19H24N2O3/c1-4-23-19(22)18-7-5-14-11-15(6-8-17(14)20-18)24-16-9-10-21(12-16)13(2)3/h5-8,11,13,16H,4,9-10,12H2,1-3H3. The van der Waals surface area contributed by atoms with Crippen molar-refractivity contribution >= 4 is 16.9 Å². The topological polar surface area (TPSA) is 51.7 Å². The Hall–Kier alpha value is -2.14. The van der Waals surface area contributed by atoms with E-state index in [9.17, 15) is 4.79 Å². The third kappa shape index (κ3) is 3.67. The van der Waals surface area contributed by atoms with E-state index in [0.717, 1.165) is 36.2 Å². The number of pyridine rings is 1. The first-order valence-corrected chi connectivity index (χ1v) is 8.55. The predicted octanol–water partition coefficient (Wildman–Crippen LogP) is 3.27.